The van der Waals surface area contributed by atoms with Crippen molar-refractivity contribution in [1.29, 1.82) is 0 Å². The molecule has 0 bridgehead atoms. The van der Waals surface area contributed by atoms with E-state index in [4.69, 9.17) is 4.74 Å². The van der Waals surface area contributed by atoms with Crippen LogP contribution in [0.15, 0.2) is 18.6 Å². The number of hydrogen-bond acceptors (Lipinski definition) is 6. The molecule has 1 spiro atoms. The topological polar surface area (TPSA) is 78.9 Å². The minimum atomic E-state index is -0.124. The minimum Gasteiger partial charge on any atom is -0.383 e. The van der Waals surface area contributed by atoms with Gasteiger partial charge in [-0.25, -0.2) is 9.97 Å². The number of aromatic nitrogens is 2. The first kappa shape index (κ1) is 19.3. The van der Waals surface area contributed by atoms with Crippen molar-refractivity contribution in [3.63, 3.8) is 0 Å². The van der Waals surface area contributed by atoms with Gasteiger partial charge in [0, 0.05) is 58.5 Å². The number of nitrogens with zero attached hydrogens (tertiary/aromatic N) is 5. The third-order valence-electron chi connectivity index (χ3n) is 6.85. The highest BCUT2D eigenvalue weighted by Gasteiger charge is 2.61. The Morgan fingerprint density at radius 3 is 2.75 bits per heavy atom. The van der Waals surface area contributed by atoms with Crippen LogP contribution in [-0.4, -0.2) is 95.0 Å². The quantitative estimate of drug-likeness (QED) is 0.733. The zero-order valence-corrected chi connectivity index (χ0v) is 16.7. The van der Waals surface area contributed by atoms with Gasteiger partial charge < -0.3 is 14.5 Å². The van der Waals surface area contributed by atoms with E-state index < -0.39 is 0 Å². The molecule has 152 valence electrons. The number of methoxy groups -OCH3 is 1. The summed E-state index contributed by atoms with van der Waals surface area (Å²) in [4.78, 5) is 40.2. The van der Waals surface area contributed by atoms with Crippen LogP contribution in [0.25, 0.3) is 0 Å². The Morgan fingerprint density at radius 1 is 1.32 bits per heavy atom. The fourth-order valence-electron chi connectivity index (χ4n) is 5.49. The lowest BCUT2D eigenvalue weighted by Gasteiger charge is -2.47. The number of carbonyl (C=O) groups is 2. The molecular weight excluding hydrogens is 358 g/mol. The summed E-state index contributed by atoms with van der Waals surface area (Å²) in [5.74, 6) is 0.673. The maximum absolute atomic E-state index is 13.1. The molecule has 0 N–H and O–H groups in total. The molecule has 0 saturated carbocycles. The van der Waals surface area contributed by atoms with Crippen LogP contribution in [0, 0.1) is 11.8 Å². The largest absolute Gasteiger partial charge is 0.383 e. The van der Waals surface area contributed by atoms with Crippen molar-refractivity contribution in [3.8, 4) is 0 Å². The maximum atomic E-state index is 13.1. The number of likely N-dealkylation sites (tertiary alicyclic amines) is 3. The van der Waals surface area contributed by atoms with Crippen molar-refractivity contribution in [2.24, 2.45) is 11.8 Å². The lowest BCUT2D eigenvalue weighted by Crippen LogP contribution is -2.58. The summed E-state index contributed by atoms with van der Waals surface area (Å²) in [6, 6.07) is 1.66. The van der Waals surface area contributed by atoms with Gasteiger partial charge in [0.2, 0.25) is 5.91 Å². The molecule has 4 heterocycles. The standard InChI is InChI=1S/C20H29N5O3/c1-3-25-18(26)15-12-23(10-11-28-2)13-16(15)20(25)5-8-24(9-6-20)19(27)17-4-7-21-14-22-17/h4,7,14-16H,3,5-6,8-13H2,1-2H3/t15-,16+/m1/s1. The summed E-state index contributed by atoms with van der Waals surface area (Å²) < 4.78 is 5.22. The highest BCUT2D eigenvalue weighted by molar-refractivity contribution is 5.92. The van der Waals surface area contributed by atoms with Crippen molar-refractivity contribution < 1.29 is 14.3 Å². The van der Waals surface area contributed by atoms with Crippen LogP contribution in [-0.2, 0) is 9.53 Å². The molecule has 0 unspecified atom stereocenters. The van der Waals surface area contributed by atoms with Crippen LogP contribution in [0.5, 0.6) is 0 Å². The number of ether oxygens (including phenoxy) is 1. The number of fused-ring (bicyclic) bond motifs is 2. The summed E-state index contributed by atoms with van der Waals surface area (Å²) in [5, 5.41) is 0. The van der Waals surface area contributed by atoms with Gasteiger partial charge in [-0.2, -0.15) is 0 Å². The number of rotatable bonds is 5. The monoisotopic (exact) mass is 387 g/mol. The highest BCUT2D eigenvalue weighted by Crippen LogP contribution is 2.49. The number of piperidine rings is 1. The van der Waals surface area contributed by atoms with Gasteiger partial charge >= 0.3 is 0 Å². The fraction of sp³-hybridized carbons (Fsp3) is 0.700. The summed E-state index contributed by atoms with van der Waals surface area (Å²) in [7, 11) is 1.72. The molecule has 0 radical (unpaired) electrons. The van der Waals surface area contributed by atoms with Gasteiger partial charge in [0.05, 0.1) is 18.1 Å². The van der Waals surface area contributed by atoms with Crippen LogP contribution < -0.4 is 0 Å². The first-order chi connectivity index (χ1) is 13.6. The second kappa shape index (κ2) is 7.75. The van der Waals surface area contributed by atoms with Crippen molar-refractivity contribution >= 4 is 11.8 Å². The van der Waals surface area contributed by atoms with E-state index in [0.29, 0.717) is 37.2 Å². The Kier molecular flexibility index (Phi) is 5.33. The van der Waals surface area contributed by atoms with Crippen LogP contribution >= 0.6 is 0 Å². The van der Waals surface area contributed by atoms with Gasteiger partial charge in [0.25, 0.3) is 5.91 Å². The SMILES string of the molecule is CCN1C(=O)[C@@H]2CN(CCOC)C[C@@H]2C12CCN(C(=O)c1ccncn1)CC2. The minimum absolute atomic E-state index is 0.0469. The summed E-state index contributed by atoms with van der Waals surface area (Å²) >= 11 is 0. The Balaban J connectivity index is 1.49. The molecule has 2 atom stereocenters. The molecule has 4 rings (SSSR count). The molecule has 3 aliphatic heterocycles. The van der Waals surface area contributed by atoms with Gasteiger partial charge in [-0.1, -0.05) is 0 Å². The van der Waals surface area contributed by atoms with E-state index in [1.807, 2.05) is 4.90 Å². The zero-order chi connectivity index (χ0) is 19.7. The van der Waals surface area contributed by atoms with Gasteiger partial charge in [-0.05, 0) is 25.8 Å². The van der Waals surface area contributed by atoms with Gasteiger partial charge in [-0.15, -0.1) is 0 Å². The molecule has 3 saturated heterocycles. The van der Waals surface area contributed by atoms with Crippen LogP contribution in [0.3, 0.4) is 0 Å². The van der Waals surface area contributed by atoms with Crippen LogP contribution in [0.1, 0.15) is 30.3 Å². The Hall–Kier alpha value is -2.06. The Morgan fingerprint density at radius 2 is 2.11 bits per heavy atom. The molecule has 0 aromatic carbocycles. The molecule has 3 fully saturated rings. The average Bonchev–Trinajstić information content (AvgIpc) is 3.25. The normalized spacial score (nSPS) is 26.9. The second-order valence-electron chi connectivity index (χ2n) is 8.04. The number of carbonyl (C=O) groups excluding carboxylic acids is 2. The molecule has 8 nitrogen and oxygen atoms in total. The smallest absolute Gasteiger partial charge is 0.272 e. The van der Waals surface area contributed by atoms with Gasteiger partial charge in [0.1, 0.15) is 12.0 Å². The summed E-state index contributed by atoms with van der Waals surface area (Å²) in [6.07, 6.45) is 4.67. The molecular formula is C20H29N5O3. The van der Waals surface area contributed by atoms with Crippen molar-refractivity contribution in [2.75, 3.05) is 53.0 Å². The molecule has 1 aromatic rings. The molecule has 8 heteroatoms. The van der Waals surface area contributed by atoms with E-state index in [-0.39, 0.29) is 17.4 Å². The third-order valence-corrected chi connectivity index (χ3v) is 6.85. The van der Waals surface area contributed by atoms with Crippen molar-refractivity contribution in [3.05, 3.63) is 24.3 Å². The lowest BCUT2D eigenvalue weighted by atomic mass is 9.75. The van der Waals surface area contributed by atoms with Crippen molar-refractivity contribution in [2.45, 2.75) is 25.3 Å². The van der Waals surface area contributed by atoms with Crippen LogP contribution in [0.4, 0.5) is 0 Å². The summed E-state index contributed by atoms with van der Waals surface area (Å²) in [6.45, 7) is 7.47. The van der Waals surface area contributed by atoms with E-state index >= 15 is 0 Å². The predicted molar refractivity (Wildman–Crippen MR) is 103 cm³/mol. The lowest BCUT2D eigenvalue weighted by molar-refractivity contribution is -0.135. The predicted octanol–water partition coefficient (Wildman–Crippen LogP) is 0.508. The van der Waals surface area contributed by atoms with E-state index in [1.165, 1.54) is 6.33 Å². The van der Waals surface area contributed by atoms with Gasteiger partial charge in [0.15, 0.2) is 0 Å². The highest BCUT2D eigenvalue weighted by atomic mass is 16.5. The fourth-order valence-corrected chi connectivity index (χ4v) is 5.49. The second-order valence-corrected chi connectivity index (χ2v) is 8.04. The molecule has 3 aliphatic rings. The number of hydrogen-bond donors (Lipinski definition) is 0. The van der Waals surface area contributed by atoms with Crippen molar-refractivity contribution in [1.82, 2.24) is 24.7 Å². The number of amides is 2. The van der Waals surface area contributed by atoms with Crippen LogP contribution in [0.2, 0.25) is 0 Å². The summed E-state index contributed by atoms with van der Waals surface area (Å²) in [5.41, 5.74) is 0.311. The van der Waals surface area contributed by atoms with E-state index in [1.54, 1.807) is 19.4 Å². The zero-order valence-electron chi connectivity index (χ0n) is 16.7. The molecule has 28 heavy (non-hydrogen) atoms. The average molecular weight is 387 g/mol. The first-order valence-electron chi connectivity index (χ1n) is 10.2. The van der Waals surface area contributed by atoms with E-state index in [9.17, 15) is 9.59 Å². The molecule has 2 amide bonds. The van der Waals surface area contributed by atoms with E-state index in [0.717, 1.165) is 39.0 Å². The Bertz CT molecular complexity index is 720. The molecule has 1 aromatic heterocycles. The van der Waals surface area contributed by atoms with Gasteiger partial charge in [-0.3, -0.25) is 14.5 Å². The van der Waals surface area contributed by atoms with E-state index in [2.05, 4.69) is 26.7 Å². The Labute approximate surface area is 165 Å². The maximum Gasteiger partial charge on any atom is 0.272 e. The first-order valence-corrected chi connectivity index (χ1v) is 10.2. The molecule has 0 aliphatic carbocycles. The third kappa shape index (κ3) is 3.08.